The Kier molecular flexibility index (Phi) is 6.12. The average Bonchev–Trinajstić information content (AvgIpc) is 3.26. The van der Waals surface area contributed by atoms with Crippen LogP contribution < -0.4 is 5.32 Å². The Labute approximate surface area is 159 Å². The third-order valence-electron chi connectivity index (χ3n) is 5.02. The van der Waals surface area contributed by atoms with Crippen molar-refractivity contribution in [3.8, 4) is 11.1 Å². The molecule has 0 unspecified atom stereocenters. The van der Waals surface area contributed by atoms with Gasteiger partial charge in [-0.1, -0.05) is 61.4 Å². The van der Waals surface area contributed by atoms with Crippen LogP contribution in [0.3, 0.4) is 0 Å². The molecule has 2 aromatic rings. The zero-order valence-electron chi connectivity index (χ0n) is 15.5. The number of hydrogen-bond donors (Lipinski definition) is 2. The number of ether oxygens (including phenoxy) is 1. The number of aliphatic carboxylic acids is 1. The Morgan fingerprint density at radius 1 is 1.00 bits per heavy atom. The standard InChI is InChI=1S/C20H21NO2.C2H4O2/c22-20(21-14-7-1-2-8-14)23-13-19-17-11-5-3-9-15(17)16-10-4-6-12-18(16)19;1-2(3)4/h3-6,9-12,14,19H,1-2,7-8,13H2,(H,21,22);1H3,(H,3,4). The first-order valence-electron chi connectivity index (χ1n) is 9.37. The monoisotopic (exact) mass is 367 g/mol. The van der Waals surface area contributed by atoms with E-state index in [4.69, 9.17) is 14.6 Å². The van der Waals surface area contributed by atoms with Crippen molar-refractivity contribution in [1.82, 2.24) is 5.32 Å². The number of carboxylic acids is 1. The number of carbonyl (C=O) groups is 2. The van der Waals surface area contributed by atoms with Gasteiger partial charge < -0.3 is 15.2 Å². The lowest BCUT2D eigenvalue weighted by Gasteiger charge is -2.16. The quantitative estimate of drug-likeness (QED) is 0.834. The fourth-order valence-corrected chi connectivity index (χ4v) is 3.88. The molecule has 2 aliphatic rings. The Bertz CT molecular complexity index is 762. The molecule has 0 aromatic heterocycles. The zero-order valence-corrected chi connectivity index (χ0v) is 15.5. The average molecular weight is 367 g/mol. The molecule has 0 aliphatic heterocycles. The summed E-state index contributed by atoms with van der Waals surface area (Å²) in [5.74, 6) is -0.697. The van der Waals surface area contributed by atoms with Crippen molar-refractivity contribution in [2.45, 2.75) is 44.6 Å². The number of nitrogens with one attached hydrogen (secondary N) is 1. The first-order valence-corrected chi connectivity index (χ1v) is 9.37. The maximum atomic E-state index is 12.0. The summed E-state index contributed by atoms with van der Waals surface area (Å²) in [5, 5.41) is 10.4. The van der Waals surface area contributed by atoms with Gasteiger partial charge in [0.15, 0.2) is 0 Å². The second-order valence-corrected chi connectivity index (χ2v) is 6.97. The molecule has 0 spiro atoms. The smallest absolute Gasteiger partial charge is 0.407 e. The summed E-state index contributed by atoms with van der Waals surface area (Å²) in [4.78, 5) is 21.0. The van der Waals surface area contributed by atoms with E-state index in [1.165, 1.54) is 35.1 Å². The molecular weight excluding hydrogens is 342 g/mol. The van der Waals surface area contributed by atoms with Gasteiger partial charge in [0.2, 0.25) is 0 Å². The van der Waals surface area contributed by atoms with Crippen molar-refractivity contribution in [1.29, 1.82) is 0 Å². The van der Waals surface area contributed by atoms with Crippen LogP contribution >= 0.6 is 0 Å². The van der Waals surface area contributed by atoms with E-state index in [2.05, 4.69) is 53.8 Å². The van der Waals surface area contributed by atoms with Gasteiger partial charge in [-0.25, -0.2) is 4.79 Å². The van der Waals surface area contributed by atoms with E-state index >= 15 is 0 Å². The number of alkyl carbamates (subject to hydrolysis) is 1. The molecule has 27 heavy (non-hydrogen) atoms. The molecule has 1 fully saturated rings. The van der Waals surface area contributed by atoms with Crippen molar-refractivity contribution >= 4 is 12.1 Å². The largest absolute Gasteiger partial charge is 0.481 e. The van der Waals surface area contributed by atoms with Gasteiger partial charge in [-0.2, -0.15) is 0 Å². The summed E-state index contributed by atoms with van der Waals surface area (Å²) >= 11 is 0. The topological polar surface area (TPSA) is 75.6 Å². The maximum absolute atomic E-state index is 12.0. The lowest BCUT2D eigenvalue weighted by atomic mass is 9.98. The molecule has 5 nitrogen and oxygen atoms in total. The van der Waals surface area contributed by atoms with E-state index in [-0.39, 0.29) is 12.0 Å². The lowest BCUT2D eigenvalue weighted by molar-refractivity contribution is -0.134. The van der Waals surface area contributed by atoms with Crippen molar-refractivity contribution in [2.75, 3.05) is 6.61 Å². The second kappa shape index (κ2) is 8.71. The fourth-order valence-electron chi connectivity index (χ4n) is 3.88. The number of carbonyl (C=O) groups excluding carboxylic acids is 1. The van der Waals surface area contributed by atoms with E-state index in [1.54, 1.807) is 0 Å². The van der Waals surface area contributed by atoms with Crippen molar-refractivity contribution in [3.63, 3.8) is 0 Å². The number of rotatable bonds is 3. The highest BCUT2D eigenvalue weighted by Gasteiger charge is 2.29. The van der Waals surface area contributed by atoms with Crippen molar-refractivity contribution < 1.29 is 19.4 Å². The van der Waals surface area contributed by atoms with Crippen LogP contribution in [0.5, 0.6) is 0 Å². The number of fused-ring (bicyclic) bond motifs is 3. The number of carboxylic acid groups (broad SMARTS) is 1. The number of amides is 1. The van der Waals surface area contributed by atoms with Crippen molar-refractivity contribution in [3.05, 3.63) is 59.7 Å². The van der Waals surface area contributed by atoms with Crippen LogP contribution in [-0.2, 0) is 9.53 Å². The van der Waals surface area contributed by atoms with Crippen molar-refractivity contribution in [2.24, 2.45) is 0 Å². The lowest BCUT2D eigenvalue weighted by Crippen LogP contribution is -2.33. The minimum Gasteiger partial charge on any atom is -0.481 e. The predicted molar refractivity (Wildman–Crippen MR) is 104 cm³/mol. The van der Waals surface area contributed by atoms with Gasteiger partial charge in [-0.3, -0.25) is 4.79 Å². The molecule has 4 rings (SSSR count). The molecule has 2 aromatic carbocycles. The van der Waals surface area contributed by atoms with Gasteiger partial charge in [0.25, 0.3) is 5.97 Å². The highest BCUT2D eigenvalue weighted by molar-refractivity contribution is 5.79. The Hall–Kier alpha value is -2.82. The summed E-state index contributed by atoms with van der Waals surface area (Å²) < 4.78 is 5.55. The zero-order chi connectivity index (χ0) is 19.2. The highest BCUT2D eigenvalue weighted by atomic mass is 16.5. The number of benzene rings is 2. The Morgan fingerprint density at radius 2 is 1.48 bits per heavy atom. The minimum absolute atomic E-state index is 0.136. The second-order valence-electron chi connectivity index (χ2n) is 6.97. The third-order valence-corrected chi connectivity index (χ3v) is 5.02. The molecule has 1 amide bonds. The Morgan fingerprint density at radius 3 is 2.00 bits per heavy atom. The minimum atomic E-state index is -0.833. The molecule has 1 saturated carbocycles. The molecule has 2 aliphatic carbocycles. The molecule has 0 bridgehead atoms. The van der Waals surface area contributed by atoms with E-state index in [1.807, 2.05) is 0 Å². The third kappa shape index (κ3) is 4.67. The van der Waals surface area contributed by atoms with Crippen LogP contribution in [0.1, 0.15) is 49.7 Å². The first-order chi connectivity index (χ1) is 13.1. The summed E-state index contributed by atoms with van der Waals surface area (Å²) in [7, 11) is 0. The fraction of sp³-hybridized carbons (Fsp3) is 0.364. The first kappa shape index (κ1) is 19.0. The van der Waals surface area contributed by atoms with Crippen LogP contribution in [0, 0.1) is 0 Å². The van der Waals surface area contributed by atoms with Gasteiger partial charge in [0.1, 0.15) is 6.61 Å². The number of hydrogen-bond acceptors (Lipinski definition) is 3. The predicted octanol–water partition coefficient (Wildman–Crippen LogP) is 4.56. The normalized spacial score (nSPS) is 15.3. The van der Waals surface area contributed by atoms with Crippen LogP contribution in [-0.4, -0.2) is 29.8 Å². The van der Waals surface area contributed by atoms with Crippen LogP contribution in [0.15, 0.2) is 48.5 Å². The van der Waals surface area contributed by atoms with Crippen LogP contribution in [0.25, 0.3) is 11.1 Å². The summed E-state index contributed by atoms with van der Waals surface area (Å²) in [6.45, 7) is 1.48. The van der Waals surface area contributed by atoms with E-state index in [0.29, 0.717) is 12.6 Å². The maximum Gasteiger partial charge on any atom is 0.407 e. The molecule has 2 N–H and O–H groups in total. The van der Waals surface area contributed by atoms with Crippen LogP contribution in [0.2, 0.25) is 0 Å². The SMILES string of the molecule is CC(=O)O.O=C(NC1CCCC1)OCC1c2ccccc2-c2ccccc21. The molecule has 0 heterocycles. The molecule has 142 valence electrons. The van der Waals surface area contributed by atoms with E-state index in [9.17, 15) is 4.79 Å². The summed E-state index contributed by atoms with van der Waals surface area (Å²) in [6, 6.07) is 17.1. The Balaban J connectivity index is 0.000000481. The van der Waals surface area contributed by atoms with E-state index < -0.39 is 5.97 Å². The van der Waals surface area contributed by atoms with Crippen LogP contribution in [0.4, 0.5) is 4.79 Å². The molecule has 0 radical (unpaired) electrons. The van der Waals surface area contributed by atoms with Gasteiger partial charge in [0, 0.05) is 18.9 Å². The molecule has 0 saturated heterocycles. The summed E-state index contributed by atoms with van der Waals surface area (Å²) in [5.41, 5.74) is 5.02. The summed E-state index contributed by atoms with van der Waals surface area (Å²) in [6.07, 6.45) is 4.27. The molecule has 5 heteroatoms. The van der Waals surface area contributed by atoms with Gasteiger partial charge in [-0.05, 0) is 35.1 Å². The molecular formula is C22H25NO4. The van der Waals surface area contributed by atoms with Gasteiger partial charge in [-0.15, -0.1) is 0 Å². The van der Waals surface area contributed by atoms with E-state index in [0.717, 1.165) is 19.8 Å². The molecule has 0 atom stereocenters. The van der Waals surface area contributed by atoms with Gasteiger partial charge in [0.05, 0.1) is 0 Å². The van der Waals surface area contributed by atoms with Gasteiger partial charge >= 0.3 is 6.09 Å². The highest BCUT2D eigenvalue weighted by Crippen LogP contribution is 2.44.